The minimum absolute atomic E-state index is 0.287. The van der Waals surface area contributed by atoms with Gasteiger partial charge in [0.05, 0.1) is 13.7 Å². The van der Waals surface area contributed by atoms with E-state index in [0.717, 1.165) is 44.0 Å². The van der Waals surface area contributed by atoms with E-state index in [4.69, 9.17) is 19.6 Å². The predicted octanol–water partition coefficient (Wildman–Crippen LogP) is 3.41. The van der Waals surface area contributed by atoms with Crippen LogP contribution in [-0.2, 0) is 6.54 Å². The number of likely N-dealkylation sites (tertiary alicyclic amines) is 1. The Balaban J connectivity index is 1.33. The quantitative estimate of drug-likeness (QED) is 0.571. The van der Waals surface area contributed by atoms with Crippen LogP contribution in [-0.4, -0.2) is 48.6 Å². The lowest BCUT2D eigenvalue weighted by atomic mass is 10.0. The topological polar surface area (TPSA) is 103 Å². The summed E-state index contributed by atoms with van der Waals surface area (Å²) >= 11 is 0. The second-order valence-corrected chi connectivity index (χ2v) is 7.68. The van der Waals surface area contributed by atoms with Crippen LogP contribution < -0.4 is 20.5 Å². The van der Waals surface area contributed by atoms with Crippen molar-refractivity contribution in [2.75, 3.05) is 32.1 Å². The molecule has 0 aliphatic carbocycles. The normalized spacial score (nSPS) is 15.2. The number of rotatable bonds is 8. The van der Waals surface area contributed by atoms with Gasteiger partial charge in [-0.3, -0.25) is 9.69 Å². The first-order valence-electron chi connectivity index (χ1n) is 10.5. The molecule has 3 aromatic rings. The van der Waals surface area contributed by atoms with Crippen molar-refractivity contribution in [1.29, 1.82) is 0 Å². The SMILES string of the molecule is CCOc1cc(CN2CCC(Nc3nc4cc(C(N)=O)ccc4o3)CC2)ccc1OC. The van der Waals surface area contributed by atoms with Crippen molar-refractivity contribution in [2.24, 2.45) is 5.73 Å². The zero-order chi connectivity index (χ0) is 21.8. The molecule has 8 nitrogen and oxygen atoms in total. The zero-order valence-corrected chi connectivity index (χ0v) is 17.9. The molecule has 8 heteroatoms. The molecule has 3 N–H and O–H groups in total. The van der Waals surface area contributed by atoms with Gasteiger partial charge >= 0.3 is 0 Å². The number of oxazole rings is 1. The Hall–Kier alpha value is -3.26. The smallest absolute Gasteiger partial charge is 0.295 e. The molecule has 2 aromatic carbocycles. The van der Waals surface area contributed by atoms with Gasteiger partial charge < -0.3 is 24.9 Å². The molecular formula is C23H28N4O4. The average molecular weight is 425 g/mol. The molecule has 1 aliphatic rings. The maximum absolute atomic E-state index is 11.3. The maximum Gasteiger partial charge on any atom is 0.295 e. The fraction of sp³-hybridized carbons (Fsp3) is 0.391. The number of carbonyl (C=O) groups is 1. The number of aromatic nitrogens is 1. The number of carbonyl (C=O) groups excluding carboxylic acids is 1. The lowest BCUT2D eigenvalue weighted by molar-refractivity contribution is 0.100. The molecule has 0 radical (unpaired) electrons. The molecule has 0 unspecified atom stereocenters. The summed E-state index contributed by atoms with van der Waals surface area (Å²) in [5, 5.41) is 3.39. The minimum Gasteiger partial charge on any atom is -0.493 e. The number of fused-ring (bicyclic) bond motifs is 1. The highest BCUT2D eigenvalue weighted by Gasteiger charge is 2.21. The van der Waals surface area contributed by atoms with Crippen molar-refractivity contribution in [1.82, 2.24) is 9.88 Å². The van der Waals surface area contributed by atoms with E-state index in [2.05, 4.69) is 27.3 Å². The molecule has 1 aromatic heterocycles. The van der Waals surface area contributed by atoms with Crippen molar-refractivity contribution in [3.63, 3.8) is 0 Å². The molecule has 2 heterocycles. The van der Waals surface area contributed by atoms with E-state index in [0.29, 0.717) is 29.3 Å². The highest BCUT2D eigenvalue weighted by molar-refractivity contribution is 5.96. The van der Waals surface area contributed by atoms with E-state index in [9.17, 15) is 4.79 Å². The van der Waals surface area contributed by atoms with E-state index in [1.807, 2.05) is 13.0 Å². The Bertz CT molecular complexity index is 1060. The summed E-state index contributed by atoms with van der Waals surface area (Å²) in [4.78, 5) is 18.2. The van der Waals surface area contributed by atoms with Gasteiger partial charge in [-0.1, -0.05) is 6.07 Å². The summed E-state index contributed by atoms with van der Waals surface area (Å²) in [5.74, 6) is 1.07. The Morgan fingerprint density at radius 1 is 1.23 bits per heavy atom. The van der Waals surface area contributed by atoms with Crippen LogP contribution in [0.4, 0.5) is 6.01 Å². The molecule has 31 heavy (non-hydrogen) atoms. The van der Waals surface area contributed by atoms with Crippen LogP contribution in [0.1, 0.15) is 35.7 Å². The molecule has 0 atom stereocenters. The lowest BCUT2D eigenvalue weighted by Gasteiger charge is -2.32. The number of anilines is 1. The molecule has 1 fully saturated rings. The van der Waals surface area contributed by atoms with E-state index in [-0.39, 0.29) is 6.04 Å². The van der Waals surface area contributed by atoms with Crippen molar-refractivity contribution in [3.8, 4) is 11.5 Å². The van der Waals surface area contributed by atoms with Gasteiger partial charge in [0, 0.05) is 31.2 Å². The number of nitrogens with zero attached hydrogens (tertiary/aromatic N) is 2. The number of methoxy groups -OCH3 is 1. The van der Waals surface area contributed by atoms with Crippen molar-refractivity contribution < 1.29 is 18.7 Å². The van der Waals surface area contributed by atoms with Crippen LogP contribution in [0.15, 0.2) is 40.8 Å². The monoisotopic (exact) mass is 424 g/mol. The van der Waals surface area contributed by atoms with Crippen LogP contribution in [0.3, 0.4) is 0 Å². The molecule has 1 saturated heterocycles. The van der Waals surface area contributed by atoms with E-state index >= 15 is 0 Å². The molecule has 1 amide bonds. The van der Waals surface area contributed by atoms with Gasteiger partial charge in [0.25, 0.3) is 6.01 Å². The molecule has 0 bridgehead atoms. The molecule has 0 spiro atoms. The third-order valence-electron chi connectivity index (χ3n) is 5.52. The second kappa shape index (κ2) is 9.26. The number of hydrogen-bond donors (Lipinski definition) is 2. The Morgan fingerprint density at radius 3 is 2.74 bits per heavy atom. The number of ether oxygens (including phenoxy) is 2. The van der Waals surface area contributed by atoms with E-state index in [1.54, 1.807) is 25.3 Å². The first-order chi connectivity index (χ1) is 15.1. The number of hydrogen-bond acceptors (Lipinski definition) is 7. The van der Waals surface area contributed by atoms with Gasteiger partial charge in [-0.15, -0.1) is 0 Å². The van der Waals surface area contributed by atoms with E-state index < -0.39 is 5.91 Å². The van der Waals surface area contributed by atoms with Gasteiger partial charge in [-0.05, 0) is 55.7 Å². The zero-order valence-electron chi connectivity index (χ0n) is 17.9. The van der Waals surface area contributed by atoms with Crippen LogP contribution in [0, 0.1) is 0 Å². The summed E-state index contributed by atoms with van der Waals surface area (Å²) < 4.78 is 16.8. The Kier molecular flexibility index (Phi) is 6.27. The molecule has 0 saturated carbocycles. The van der Waals surface area contributed by atoms with Gasteiger partial charge in [-0.25, -0.2) is 0 Å². The van der Waals surface area contributed by atoms with Crippen molar-refractivity contribution in [2.45, 2.75) is 32.4 Å². The molecule has 164 valence electrons. The third kappa shape index (κ3) is 4.91. The molecule has 1 aliphatic heterocycles. The highest BCUT2D eigenvalue weighted by atomic mass is 16.5. The summed E-state index contributed by atoms with van der Waals surface area (Å²) in [7, 11) is 1.66. The summed E-state index contributed by atoms with van der Waals surface area (Å²) in [6, 6.07) is 11.9. The minimum atomic E-state index is -0.475. The molecular weight excluding hydrogens is 396 g/mol. The number of primary amides is 1. The predicted molar refractivity (Wildman–Crippen MR) is 119 cm³/mol. The highest BCUT2D eigenvalue weighted by Crippen LogP contribution is 2.29. The second-order valence-electron chi connectivity index (χ2n) is 7.68. The van der Waals surface area contributed by atoms with Crippen LogP contribution in [0.5, 0.6) is 11.5 Å². The van der Waals surface area contributed by atoms with Gasteiger partial charge in [0.1, 0.15) is 5.52 Å². The Morgan fingerprint density at radius 2 is 2.03 bits per heavy atom. The fourth-order valence-corrected chi connectivity index (χ4v) is 3.90. The molecule has 4 rings (SSSR count). The number of benzene rings is 2. The first kappa shape index (κ1) is 21.0. The van der Waals surface area contributed by atoms with Crippen LogP contribution >= 0.6 is 0 Å². The van der Waals surface area contributed by atoms with Gasteiger partial charge in [0.15, 0.2) is 17.1 Å². The van der Waals surface area contributed by atoms with Gasteiger partial charge in [0.2, 0.25) is 5.91 Å². The summed E-state index contributed by atoms with van der Waals surface area (Å²) in [5.41, 5.74) is 8.23. The van der Waals surface area contributed by atoms with E-state index in [1.165, 1.54) is 5.56 Å². The van der Waals surface area contributed by atoms with Crippen molar-refractivity contribution >= 4 is 23.0 Å². The van der Waals surface area contributed by atoms with Gasteiger partial charge in [-0.2, -0.15) is 4.98 Å². The summed E-state index contributed by atoms with van der Waals surface area (Å²) in [6.45, 7) is 5.39. The first-order valence-corrected chi connectivity index (χ1v) is 10.5. The van der Waals surface area contributed by atoms with Crippen LogP contribution in [0.2, 0.25) is 0 Å². The van der Waals surface area contributed by atoms with Crippen molar-refractivity contribution in [3.05, 3.63) is 47.5 Å². The largest absolute Gasteiger partial charge is 0.493 e. The number of amides is 1. The average Bonchev–Trinajstić information content (AvgIpc) is 3.17. The maximum atomic E-state index is 11.3. The number of nitrogens with one attached hydrogen (secondary N) is 1. The summed E-state index contributed by atoms with van der Waals surface area (Å²) in [6.07, 6.45) is 1.97. The number of nitrogens with two attached hydrogens (primary N) is 1. The van der Waals surface area contributed by atoms with Crippen LogP contribution in [0.25, 0.3) is 11.1 Å². The number of piperidine rings is 1. The standard InChI is InChI=1S/C23H28N4O4/c1-3-30-21-12-15(4-6-20(21)29-2)14-27-10-8-17(9-11-27)25-23-26-18-13-16(22(24)28)5-7-19(18)31-23/h4-7,12-13,17H,3,8-11,14H2,1-2H3,(H2,24,28)(H,25,26). The Labute approximate surface area is 181 Å². The third-order valence-corrected chi connectivity index (χ3v) is 5.52. The fourth-order valence-electron chi connectivity index (χ4n) is 3.90. The lowest BCUT2D eigenvalue weighted by Crippen LogP contribution is -2.38.